The summed E-state index contributed by atoms with van der Waals surface area (Å²) in [7, 11) is 3.73. The average Bonchev–Trinajstić information content (AvgIpc) is 4.12. The number of imide groups is 2. The normalized spacial score (nSPS) is 16.0. The van der Waals surface area contributed by atoms with Gasteiger partial charge in [-0.2, -0.15) is 4.79 Å². The molecule has 4 rings (SSSR count). The fraction of sp³-hybridized carbons (Fsp3) is 0.661. The summed E-state index contributed by atoms with van der Waals surface area (Å²) in [4.78, 5) is 141. The number of hydroxylamine groups is 4. The van der Waals surface area contributed by atoms with E-state index >= 15 is 0 Å². The van der Waals surface area contributed by atoms with Crippen LogP contribution in [0.4, 0.5) is 4.79 Å². The van der Waals surface area contributed by atoms with Crippen molar-refractivity contribution < 1.29 is 72.6 Å². The van der Waals surface area contributed by atoms with Crippen molar-refractivity contribution >= 4 is 70.7 Å². The highest BCUT2D eigenvalue weighted by Gasteiger charge is 2.39. The maximum absolute atomic E-state index is 14.6. The summed E-state index contributed by atoms with van der Waals surface area (Å²) < 4.78 is 5.68. The molecule has 3 N–H and O–H groups in total. The molecule has 6 amide bonds. The highest BCUT2D eigenvalue weighted by molar-refractivity contribution is 7.09. The fourth-order valence-corrected chi connectivity index (χ4v) is 9.76. The predicted molar refractivity (Wildman–Crippen MR) is 295 cm³/mol. The lowest BCUT2D eigenvalue weighted by Gasteiger charge is -2.38. The van der Waals surface area contributed by atoms with Gasteiger partial charge in [0.15, 0.2) is 12.5 Å². The third-order valence-corrected chi connectivity index (χ3v) is 15.1. The second kappa shape index (κ2) is 34.6. The zero-order chi connectivity index (χ0) is 59.7. The summed E-state index contributed by atoms with van der Waals surface area (Å²) in [5.74, 6) is -6.20. The van der Waals surface area contributed by atoms with Crippen LogP contribution in [0.3, 0.4) is 0 Å². The van der Waals surface area contributed by atoms with Crippen molar-refractivity contribution in [3.63, 3.8) is 0 Å². The summed E-state index contributed by atoms with van der Waals surface area (Å²) >= 11 is 1.34. The van der Waals surface area contributed by atoms with Crippen LogP contribution in [0.1, 0.15) is 174 Å². The first-order valence-electron chi connectivity index (χ1n) is 27.5. The fourth-order valence-electron chi connectivity index (χ4n) is 8.89. The maximum atomic E-state index is 14.6. The molecule has 79 heavy (non-hydrogen) atoms. The number of carboxylic acid groups (broad SMARTS) is 1. The summed E-state index contributed by atoms with van der Waals surface area (Å²) in [5, 5.41) is 25.1. The monoisotopic (exact) mass is 1130 g/mol. The molecule has 23 heteroatoms. The lowest BCUT2D eigenvalue weighted by Crippen LogP contribution is -2.50. The number of carbonyl (C=O) groups is 10. The van der Waals surface area contributed by atoms with Crippen molar-refractivity contribution in [2.24, 2.45) is 23.7 Å². The van der Waals surface area contributed by atoms with Gasteiger partial charge < -0.3 is 30.1 Å². The summed E-state index contributed by atoms with van der Waals surface area (Å²) in [5.41, 5.74) is 1.05. The van der Waals surface area contributed by atoms with Crippen LogP contribution in [-0.2, 0) is 59.2 Å². The summed E-state index contributed by atoms with van der Waals surface area (Å²) in [6.45, 7) is 25.4. The number of thiazole rings is 1. The van der Waals surface area contributed by atoms with Crippen molar-refractivity contribution in [2.45, 2.75) is 177 Å². The molecule has 0 aliphatic carbocycles. The molecule has 0 spiro atoms. The van der Waals surface area contributed by atoms with Crippen molar-refractivity contribution in [2.75, 3.05) is 40.5 Å². The Hall–Kier alpha value is -6.33. The minimum Gasteiger partial charge on any atom is -0.508 e. The van der Waals surface area contributed by atoms with Gasteiger partial charge in [0.1, 0.15) is 11.4 Å². The van der Waals surface area contributed by atoms with Gasteiger partial charge in [-0.25, -0.2) is 4.98 Å². The van der Waals surface area contributed by atoms with E-state index in [0.717, 1.165) is 5.56 Å². The first-order valence-corrected chi connectivity index (χ1v) is 28.4. The second-order valence-corrected chi connectivity index (χ2v) is 21.4. The number of hydrogen-bond acceptors (Lipinski definition) is 18. The van der Waals surface area contributed by atoms with Crippen molar-refractivity contribution in [3.05, 3.63) is 45.9 Å². The maximum Gasteiger partial charge on any atom is 0.560 e. The standard InChI is InChI=1S/C41H64N4O8S.C9H8N2O7.C6H15N/c1-11-14-37(48)53-24-45(40(50)32(26(6)12-2)22-36(47)34(13-3)44(9)10)35(25(4)5)20-27(7)39-43-33(23-54-39)38(49)42-30(19-28(8)41(51)52)21-29-15-17-31(46)18-16-29;12-5-1-2-6(13)10(5)17-9(16)18-11-7(14)3-4-8(11)15;1-4-7(5-2)6-3/h15-18,23,25-28,30,32,34-35,46H,11-14,19-22,24H2,1-10H3,(H,42,49)(H,51,52);1-4H2;4-6H2,1-3H3/t26?,27-,28+,30-,32+,34-,35-;;/m0../s1. The topological polar surface area (TPSA) is 280 Å². The van der Waals surface area contributed by atoms with Crippen LogP contribution in [0.25, 0.3) is 0 Å². The number of phenols is 1. The van der Waals surface area contributed by atoms with E-state index in [-0.39, 0.29) is 115 Å². The summed E-state index contributed by atoms with van der Waals surface area (Å²) in [6.07, 6.45) is 1.58. The van der Waals surface area contributed by atoms with E-state index in [0.29, 0.717) is 37.1 Å². The molecule has 3 heterocycles. The number of aromatic nitrogens is 1. The molecule has 1 aromatic heterocycles. The molecule has 2 aliphatic rings. The van der Waals surface area contributed by atoms with E-state index in [1.54, 1.807) is 41.5 Å². The Kier molecular flexibility index (Phi) is 30.1. The molecule has 22 nitrogen and oxygen atoms in total. The van der Waals surface area contributed by atoms with E-state index < -0.39 is 65.5 Å². The number of nitrogens with zero attached hydrogens (tertiary/aromatic N) is 6. The van der Waals surface area contributed by atoms with Gasteiger partial charge in [0, 0.05) is 67.8 Å². The molecule has 1 aromatic carbocycles. The van der Waals surface area contributed by atoms with E-state index in [1.165, 1.54) is 31.0 Å². The number of nitrogens with one attached hydrogen (secondary N) is 1. The largest absolute Gasteiger partial charge is 0.560 e. The van der Waals surface area contributed by atoms with Crippen LogP contribution in [0.5, 0.6) is 5.75 Å². The first kappa shape index (κ1) is 68.8. The molecule has 0 bridgehead atoms. The number of rotatable bonds is 29. The number of aromatic hydroxyl groups is 1. The Bertz CT molecular complexity index is 2260. The Morgan fingerprint density at radius 3 is 1.73 bits per heavy atom. The van der Waals surface area contributed by atoms with Gasteiger partial charge in [-0.15, -0.1) is 11.3 Å². The van der Waals surface area contributed by atoms with Crippen LogP contribution in [0.15, 0.2) is 29.6 Å². The number of esters is 1. The lowest BCUT2D eigenvalue weighted by atomic mass is 9.83. The van der Waals surface area contributed by atoms with Crippen LogP contribution in [0.2, 0.25) is 0 Å². The minimum atomic E-state index is -1.48. The number of carbonyl (C=O) groups excluding carboxylic acids is 9. The van der Waals surface area contributed by atoms with Gasteiger partial charge in [-0.3, -0.25) is 57.7 Å². The third kappa shape index (κ3) is 22.4. The lowest BCUT2D eigenvalue weighted by molar-refractivity contribution is -0.198. The highest BCUT2D eigenvalue weighted by Crippen LogP contribution is 2.32. The summed E-state index contributed by atoms with van der Waals surface area (Å²) in [6, 6.07) is 5.41. The van der Waals surface area contributed by atoms with Crippen LogP contribution < -0.4 is 5.32 Å². The Labute approximate surface area is 469 Å². The molecule has 2 saturated heterocycles. The zero-order valence-electron chi connectivity index (χ0n) is 48.6. The number of Topliss-reactive ketones (excluding diaryl/α,β-unsaturated/α-hetero) is 1. The predicted octanol–water partition coefficient (Wildman–Crippen LogP) is 7.53. The molecular formula is C56H87N7O15S. The second-order valence-electron chi connectivity index (χ2n) is 20.5. The highest BCUT2D eigenvalue weighted by atomic mass is 32.1. The first-order chi connectivity index (χ1) is 37.3. The van der Waals surface area contributed by atoms with Gasteiger partial charge in [0.25, 0.3) is 29.5 Å². The third-order valence-electron chi connectivity index (χ3n) is 14.0. The number of amides is 6. The molecule has 2 aliphatic heterocycles. The molecule has 2 aromatic rings. The molecule has 1 unspecified atom stereocenters. The quantitative estimate of drug-likeness (QED) is 0.0403. The molecule has 0 radical (unpaired) electrons. The van der Waals surface area contributed by atoms with Gasteiger partial charge in [0.2, 0.25) is 5.91 Å². The molecule has 7 atom stereocenters. The van der Waals surface area contributed by atoms with Gasteiger partial charge in [-0.1, -0.05) is 105 Å². The van der Waals surface area contributed by atoms with Gasteiger partial charge in [0.05, 0.1) is 17.0 Å². The number of hydrogen-bond donors (Lipinski definition) is 3. The van der Waals surface area contributed by atoms with Crippen LogP contribution in [0, 0.1) is 23.7 Å². The van der Waals surface area contributed by atoms with E-state index in [1.807, 2.05) is 67.5 Å². The van der Waals surface area contributed by atoms with Crippen LogP contribution in [-0.4, -0.2) is 158 Å². The van der Waals surface area contributed by atoms with Gasteiger partial charge >= 0.3 is 18.1 Å². The minimum absolute atomic E-state index is 0.00913. The molecule has 2 fully saturated rings. The number of carboxylic acids is 1. The Morgan fingerprint density at radius 2 is 1.30 bits per heavy atom. The van der Waals surface area contributed by atoms with Crippen molar-refractivity contribution in [1.82, 2.24) is 35.1 Å². The van der Waals surface area contributed by atoms with E-state index in [9.17, 15) is 58.2 Å². The molecule has 442 valence electrons. The number of benzene rings is 1. The SMILES string of the molecule is CCCC(=O)OCN(C(=O)[C@H](CC(=O)[C@H](CC)N(C)C)C(C)CC)[C@@H](C[C@H](C)c1nc(C(=O)N[C@H](Cc2ccc(O)cc2)C[C@@H](C)C(=O)O)cs1)C(C)C.CCN(CC)CC.O=C(ON1C(=O)CCC1=O)ON1C(=O)CCC1=O. The van der Waals surface area contributed by atoms with Crippen molar-refractivity contribution in [1.29, 1.82) is 0 Å². The number of phenolic OH excluding ortho intramolecular Hbond substituents is 1. The van der Waals surface area contributed by atoms with E-state index in [4.69, 9.17) is 9.72 Å². The number of aliphatic carboxylic acids is 1. The molecular weight excluding hydrogens is 1040 g/mol. The van der Waals surface area contributed by atoms with Crippen LogP contribution >= 0.6 is 11.3 Å². The molecule has 0 saturated carbocycles. The van der Waals surface area contributed by atoms with Crippen molar-refractivity contribution in [3.8, 4) is 5.75 Å². The zero-order valence-corrected chi connectivity index (χ0v) is 49.4. The Balaban J connectivity index is 0.000000692. The number of ketones is 1. The average molecular weight is 1130 g/mol. The smallest absolute Gasteiger partial charge is 0.508 e. The number of ether oxygens (including phenoxy) is 1. The van der Waals surface area contributed by atoms with E-state index in [2.05, 4.69) is 40.7 Å². The van der Waals surface area contributed by atoms with Gasteiger partial charge in [-0.05, 0) is 95.4 Å². The Morgan fingerprint density at radius 1 is 0.772 bits per heavy atom. The number of likely N-dealkylation sites (N-methyl/N-ethyl adjacent to an activating group) is 1.